The predicted octanol–water partition coefficient (Wildman–Crippen LogP) is -0.612. The maximum Gasteiger partial charge on any atom is 0.246 e. The van der Waals surface area contributed by atoms with E-state index in [2.05, 4.69) is 5.10 Å². The third kappa shape index (κ3) is 3.75. The molecule has 0 radical (unpaired) electrons. The quantitative estimate of drug-likeness (QED) is 0.656. The Morgan fingerprint density at radius 1 is 1.14 bits per heavy atom. The monoisotopic (exact) mass is 356 g/mol. The largest absolute Gasteiger partial charge is 0.270 e. The highest BCUT2D eigenvalue weighted by atomic mass is 35.5. The van der Waals surface area contributed by atoms with E-state index in [0.717, 1.165) is 6.26 Å². The van der Waals surface area contributed by atoms with E-state index in [1.165, 1.54) is 25.7 Å². The normalized spacial score (nSPS) is 19.0. The zero-order valence-electron chi connectivity index (χ0n) is 11.5. The van der Waals surface area contributed by atoms with Crippen molar-refractivity contribution in [3.8, 4) is 0 Å². The molecule has 0 unspecified atom stereocenters. The number of hydrogen-bond donors (Lipinski definition) is 0. The molecule has 2 rings (SSSR count). The van der Waals surface area contributed by atoms with Crippen LogP contribution < -0.4 is 0 Å². The topological polar surface area (TPSA) is 92.6 Å². The number of nitrogens with zero attached hydrogens (tertiary/aromatic N) is 4. The summed E-state index contributed by atoms with van der Waals surface area (Å²) in [6.07, 6.45) is 3.83. The summed E-state index contributed by atoms with van der Waals surface area (Å²) >= 11 is 5.58. The molecule has 0 atom stereocenters. The lowest BCUT2D eigenvalue weighted by Gasteiger charge is -2.32. The van der Waals surface area contributed by atoms with Crippen molar-refractivity contribution in [2.45, 2.75) is 11.4 Å². The van der Waals surface area contributed by atoms with Gasteiger partial charge in [0.15, 0.2) is 0 Å². The highest BCUT2D eigenvalue weighted by Gasteiger charge is 2.32. The molecule has 0 bridgehead atoms. The van der Waals surface area contributed by atoms with Crippen LogP contribution in [0.2, 0.25) is 0 Å². The summed E-state index contributed by atoms with van der Waals surface area (Å²) in [5.41, 5.74) is 0. The molecular formula is C10H17ClN4O4S2. The van der Waals surface area contributed by atoms with E-state index >= 15 is 0 Å². The average Bonchev–Trinajstić information content (AvgIpc) is 2.88. The van der Waals surface area contributed by atoms with Crippen LogP contribution in [0.4, 0.5) is 0 Å². The van der Waals surface area contributed by atoms with Crippen molar-refractivity contribution in [2.75, 3.05) is 38.3 Å². The molecule has 1 fully saturated rings. The molecule has 0 saturated carbocycles. The fraction of sp³-hybridized carbons (Fsp3) is 0.700. The van der Waals surface area contributed by atoms with Crippen LogP contribution >= 0.6 is 11.6 Å². The van der Waals surface area contributed by atoms with Crippen molar-refractivity contribution in [3.63, 3.8) is 0 Å². The second kappa shape index (κ2) is 6.21. The lowest BCUT2D eigenvalue weighted by atomic mass is 10.4. The van der Waals surface area contributed by atoms with Gasteiger partial charge in [-0.15, -0.1) is 11.6 Å². The predicted molar refractivity (Wildman–Crippen MR) is 78.1 cm³/mol. The molecule has 1 aromatic heterocycles. The number of alkyl halides is 1. The lowest BCUT2D eigenvalue weighted by Crippen LogP contribution is -2.50. The summed E-state index contributed by atoms with van der Waals surface area (Å²) in [4.78, 5) is 0.0976. The third-order valence-corrected chi connectivity index (χ3v) is 6.55. The summed E-state index contributed by atoms with van der Waals surface area (Å²) in [5, 5.41) is 3.94. The van der Waals surface area contributed by atoms with Crippen LogP contribution in [-0.4, -0.2) is 73.5 Å². The van der Waals surface area contributed by atoms with Crippen LogP contribution in [0, 0.1) is 0 Å². The molecule has 0 amide bonds. The van der Waals surface area contributed by atoms with Crippen LogP contribution in [0.1, 0.15) is 0 Å². The zero-order valence-corrected chi connectivity index (χ0v) is 13.9. The Balaban J connectivity index is 2.11. The molecule has 2 heterocycles. The van der Waals surface area contributed by atoms with Crippen molar-refractivity contribution in [2.24, 2.45) is 0 Å². The van der Waals surface area contributed by atoms with Gasteiger partial charge in [-0.25, -0.2) is 16.8 Å². The standard InChI is InChI=1S/C10H17ClN4O4S2/c1-20(16,17)14-4-6-15(7-5-14)21(18,19)10-8-12-13(9-10)3-2-11/h8-9H,2-7H2,1H3. The molecule has 1 saturated heterocycles. The zero-order chi connectivity index (χ0) is 15.7. The number of hydrogen-bond acceptors (Lipinski definition) is 5. The van der Waals surface area contributed by atoms with Gasteiger partial charge in [0.25, 0.3) is 0 Å². The number of rotatable bonds is 5. The minimum atomic E-state index is -3.64. The number of halogens is 1. The van der Waals surface area contributed by atoms with Crippen molar-refractivity contribution < 1.29 is 16.8 Å². The summed E-state index contributed by atoms with van der Waals surface area (Å²) in [5.74, 6) is 0.341. The van der Waals surface area contributed by atoms with E-state index in [9.17, 15) is 16.8 Å². The van der Waals surface area contributed by atoms with Gasteiger partial charge in [-0.2, -0.15) is 13.7 Å². The maximum atomic E-state index is 12.4. The number of aryl methyl sites for hydroxylation is 1. The van der Waals surface area contributed by atoms with E-state index in [1.54, 1.807) is 0 Å². The molecule has 0 aromatic carbocycles. The summed E-state index contributed by atoms with van der Waals surface area (Å²) in [7, 11) is -6.92. The molecular weight excluding hydrogens is 340 g/mol. The third-order valence-electron chi connectivity index (χ3n) is 3.23. The lowest BCUT2D eigenvalue weighted by molar-refractivity contribution is 0.274. The number of piperazine rings is 1. The fourth-order valence-corrected chi connectivity index (χ4v) is 4.45. The first-order valence-corrected chi connectivity index (χ1v) is 10.1. The Morgan fingerprint density at radius 2 is 1.71 bits per heavy atom. The molecule has 8 nitrogen and oxygen atoms in total. The van der Waals surface area contributed by atoms with Gasteiger partial charge >= 0.3 is 0 Å². The summed E-state index contributed by atoms with van der Waals surface area (Å²) in [6, 6.07) is 0. The first kappa shape index (κ1) is 16.7. The van der Waals surface area contributed by atoms with E-state index in [1.807, 2.05) is 0 Å². The van der Waals surface area contributed by atoms with Crippen molar-refractivity contribution in [1.29, 1.82) is 0 Å². The van der Waals surface area contributed by atoms with Gasteiger partial charge in [0, 0.05) is 38.3 Å². The second-order valence-corrected chi connectivity index (χ2v) is 8.99. The number of sulfonamides is 2. The minimum absolute atomic E-state index is 0.0976. The van der Waals surface area contributed by atoms with E-state index in [0.29, 0.717) is 12.4 Å². The first-order valence-electron chi connectivity index (χ1n) is 6.29. The molecule has 21 heavy (non-hydrogen) atoms. The van der Waals surface area contributed by atoms with Crippen molar-refractivity contribution in [1.82, 2.24) is 18.4 Å². The second-order valence-electron chi connectivity index (χ2n) is 4.69. The van der Waals surface area contributed by atoms with E-state index in [4.69, 9.17) is 11.6 Å². The molecule has 1 aromatic rings. The molecule has 0 spiro atoms. The Hall–Kier alpha value is -0.680. The van der Waals surface area contributed by atoms with Gasteiger partial charge < -0.3 is 0 Å². The van der Waals surface area contributed by atoms with E-state index in [-0.39, 0.29) is 31.1 Å². The highest BCUT2D eigenvalue weighted by molar-refractivity contribution is 7.89. The smallest absolute Gasteiger partial charge is 0.246 e. The Labute approximate surface area is 129 Å². The summed E-state index contributed by atoms with van der Waals surface area (Å²) in [6.45, 7) is 1.02. The van der Waals surface area contributed by atoms with Crippen LogP contribution in [0.5, 0.6) is 0 Å². The molecule has 120 valence electrons. The Morgan fingerprint density at radius 3 is 2.24 bits per heavy atom. The molecule has 1 aliphatic rings. The van der Waals surface area contributed by atoms with Crippen LogP contribution in [-0.2, 0) is 26.6 Å². The molecule has 1 aliphatic heterocycles. The molecule has 11 heteroatoms. The van der Waals surface area contributed by atoms with Gasteiger partial charge in [-0.05, 0) is 0 Å². The highest BCUT2D eigenvalue weighted by Crippen LogP contribution is 2.17. The van der Waals surface area contributed by atoms with Crippen LogP contribution in [0.15, 0.2) is 17.3 Å². The average molecular weight is 357 g/mol. The van der Waals surface area contributed by atoms with Crippen molar-refractivity contribution in [3.05, 3.63) is 12.4 Å². The SMILES string of the molecule is CS(=O)(=O)N1CCN(S(=O)(=O)c2cnn(CCCl)c2)CC1. The van der Waals surface area contributed by atoms with Crippen LogP contribution in [0.25, 0.3) is 0 Å². The maximum absolute atomic E-state index is 12.4. The first-order chi connectivity index (χ1) is 9.75. The van der Waals surface area contributed by atoms with Gasteiger partial charge in [0.05, 0.1) is 19.0 Å². The van der Waals surface area contributed by atoms with Crippen LogP contribution in [0.3, 0.4) is 0 Å². The number of aromatic nitrogens is 2. The minimum Gasteiger partial charge on any atom is -0.270 e. The Kier molecular flexibility index (Phi) is 4.93. The van der Waals surface area contributed by atoms with Gasteiger partial charge in [-0.1, -0.05) is 0 Å². The van der Waals surface area contributed by atoms with E-state index < -0.39 is 20.0 Å². The van der Waals surface area contributed by atoms with Gasteiger partial charge in [0.1, 0.15) is 4.90 Å². The summed E-state index contributed by atoms with van der Waals surface area (Å²) < 4.78 is 51.7. The molecule has 0 aliphatic carbocycles. The fourth-order valence-electron chi connectivity index (χ4n) is 2.08. The molecule has 0 N–H and O–H groups in total. The van der Waals surface area contributed by atoms with Crippen molar-refractivity contribution >= 4 is 31.6 Å². The van der Waals surface area contributed by atoms with Gasteiger partial charge in [0.2, 0.25) is 20.0 Å². The Bertz CT molecular complexity index is 692. The van der Waals surface area contributed by atoms with Gasteiger partial charge in [-0.3, -0.25) is 4.68 Å².